The fourth-order valence-electron chi connectivity index (χ4n) is 9.21. The highest BCUT2D eigenvalue weighted by molar-refractivity contribution is 6.22. The van der Waals surface area contributed by atoms with E-state index >= 15 is 0 Å². The van der Waals surface area contributed by atoms with E-state index in [2.05, 4.69) is 168 Å². The molecule has 0 saturated heterocycles. The van der Waals surface area contributed by atoms with Gasteiger partial charge in [-0.25, -0.2) is 15.0 Å². The molecule has 12 rings (SSSR count). The molecule has 9 aromatic carbocycles. The van der Waals surface area contributed by atoms with Crippen molar-refractivity contribution in [3.8, 4) is 90.4 Å². The summed E-state index contributed by atoms with van der Waals surface area (Å²) in [4.78, 5) is 15.2. The van der Waals surface area contributed by atoms with Gasteiger partial charge in [0.2, 0.25) is 0 Å². The molecule has 2 heterocycles. The number of hydrogen-bond acceptors (Lipinski definition) is 4. The van der Waals surface area contributed by atoms with Gasteiger partial charge >= 0.3 is 0 Å². The summed E-state index contributed by atoms with van der Waals surface area (Å²) in [5, 5.41) is 14.4. The molecule has 1 aliphatic rings. The maximum atomic E-state index is 9.53. The molecule has 0 bridgehead atoms. The van der Waals surface area contributed by atoms with Crippen LogP contribution in [0.2, 0.25) is 0 Å². The molecular formula is C56H33N5. The summed E-state index contributed by atoms with van der Waals surface area (Å²) in [6.45, 7) is 0. The summed E-state index contributed by atoms with van der Waals surface area (Å²) < 4.78 is 2.32. The van der Waals surface area contributed by atoms with Crippen LogP contribution in [0.25, 0.3) is 117 Å². The average molecular weight is 776 g/mol. The normalized spacial score (nSPS) is 11.6. The zero-order valence-electron chi connectivity index (χ0n) is 32.8. The summed E-state index contributed by atoms with van der Waals surface area (Å²) in [5.41, 5.74) is 16.2. The number of fused-ring (bicyclic) bond motifs is 6. The molecule has 0 saturated carbocycles. The van der Waals surface area contributed by atoms with E-state index in [1.807, 2.05) is 42.5 Å². The third-order valence-electron chi connectivity index (χ3n) is 12.1. The summed E-state index contributed by atoms with van der Waals surface area (Å²) in [6.07, 6.45) is 0. The molecule has 282 valence electrons. The number of hydrogen-bond donors (Lipinski definition) is 0. The van der Waals surface area contributed by atoms with E-state index in [1.165, 1.54) is 54.8 Å². The number of benzene rings is 9. The quantitative estimate of drug-likeness (QED) is 0.169. The maximum Gasteiger partial charge on any atom is 0.164 e. The van der Waals surface area contributed by atoms with Crippen LogP contribution in [0, 0.1) is 11.3 Å². The summed E-state index contributed by atoms with van der Waals surface area (Å²) in [5.74, 6) is 1.84. The number of aromatic nitrogens is 4. The number of nitrogens with zero attached hydrogens (tertiary/aromatic N) is 5. The molecular weight excluding hydrogens is 743 g/mol. The fraction of sp³-hybridized carbons (Fsp3) is 0. The summed E-state index contributed by atoms with van der Waals surface area (Å²) in [6, 6.07) is 72.1. The molecule has 5 nitrogen and oxygen atoms in total. The van der Waals surface area contributed by atoms with E-state index in [0.717, 1.165) is 44.6 Å². The van der Waals surface area contributed by atoms with Crippen molar-refractivity contribution in [3.63, 3.8) is 0 Å². The zero-order chi connectivity index (χ0) is 40.4. The Morgan fingerprint density at radius 1 is 0.328 bits per heavy atom. The molecule has 0 N–H and O–H groups in total. The van der Waals surface area contributed by atoms with Crippen LogP contribution in [-0.4, -0.2) is 19.5 Å². The van der Waals surface area contributed by atoms with Crippen molar-refractivity contribution in [2.45, 2.75) is 0 Å². The minimum atomic E-state index is 0.607. The van der Waals surface area contributed by atoms with Crippen molar-refractivity contribution in [1.29, 1.82) is 5.26 Å². The first-order valence-electron chi connectivity index (χ1n) is 20.4. The Morgan fingerprint density at radius 3 is 1.25 bits per heavy atom. The first-order valence-corrected chi connectivity index (χ1v) is 20.4. The summed E-state index contributed by atoms with van der Waals surface area (Å²) in [7, 11) is 0. The molecule has 61 heavy (non-hydrogen) atoms. The highest BCUT2D eigenvalue weighted by atomic mass is 15.0. The van der Waals surface area contributed by atoms with Gasteiger partial charge in [0.1, 0.15) is 0 Å². The second-order valence-electron chi connectivity index (χ2n) is 15.5. The van der Waals surface area contributed by atoms with Gasteiger partial charge in [0, 0.05) is 33.2 Å². The van der Waals surface area contributed by atoms with Gasteiger partial charge in [-0.15, -0.1) is 0 Å². The third kappa shape index (κ3) is 5.58. The molecule has 0 amide bonds. The Balaban J connectivity index is 0.966. The Morgan fingerprint density at radius 2 is 0.721 bits per heavy atom. The van der Waals surface area contributed by atoms with Gasteiger partial charge in [0.05, 0.1) is 22.7 Å². The van der Waals surface area contributed by atoms with Gasteiger partial charge in [-0.3, -0.25) is 0 Å². The van der Waals surface area contributed by atoms with E-state index in [-0.39, 0.29) is 0 Å². The zero-order valence-corrected chi connectivity index (χ0v) is 32.8. The highest BCUT2D eigenvalue weighted by Gasteiger charge is 2.25. The lowest BCUT2D eigenvalue weighted by atomic mass is 9.88. The van der Waals surface area contributed by atoms with Crippen LogP contribution >= 0.6 is 0 Å². The van der Waals surface area contributed by atoms with E-state index in [1.54, 1.807) is 0 Å². The lowest BCUT2D eigenvalue weighted by Gasteiger charge is -2.15. The second kappa shape index (κ2) is 13.8. The van der Waals surface area contributed by atoms with E-state index in [4.69, 9.17) is 15.0 Å². The Kier molecular flexibility index (Phi) is 7.84. The molecule has 0 radical (unpaired) electrons. The van der Waals surface area contributed by atoms with E-state index in [9.17, 15) is 5.26 Å². The molecule has 0 fully saturated rings. The van der Waals surface area contributed by atoms with Crippen molar-refractivity contribution in [3.05, 3.63) is 206 Å². The van der Waals surface area contributed by atoms with Gasteiger partial charge in [-0.2, -0.15) is 5.26 Å². The Bertz CT molecular complexity index is 3480. The predicted octanol–water partition coefficient (Wildman–Crippen LogP) is 14.0. The predicted molar refractivity (Wildman–Crippen MR) is 248 cm³/mol. The summed E-state index contributed by atoms with van der Waals surface area (Å²) >= 11 is 0. The van der Waals surface area contributed by atoms with E-state index in [0.29, 0.717) is 23.0 Å². The largest absolute Gasteiger partial charge is 0.309 e. The van der Waals surface area contributed by atoms with Gasteiger partial charge in [-0.1, -0.05) is 152 Å². The third-order valence-corrected chi connectivity index (χ3v) is 12.1. The fourth-order valence-corrected chi connectivity index (χ4v) is 9.21. The van der Waals surface area contributed by atoms with Crippen molar-refractivity contribution < 1.29 is 0 Å². The van der Waals surface area contributed by atoms with Crippen LogP contribution in [0.1, 0.15) is 5.56 Å². The van der Waals surface area contributed by atoms with Gasteiger partial charge in [-0.05, 0) is 104 Å². The maximum absolute atomic E-state index is 9.53. The Hall–Kier alpha value is -8.46. The first kappa shape index (κ1) is 34.6. The molecule has 1 aliphatic carbocycles. The molecule has 0 aliphatic heterocycles. The van der Waals surface area contributed by atoms with Crippen LogP contribution in [0.15, 0.2) is 200 Å². The second-order valence-corrected chi connectivity index (χ2v) is 15.5. The smallest absolute Gasteiger partial charge is 0.164 e. The van der Waals surface area contributed by atoms with E-state index < -0.39 is 0 Å². The molecule has 5 heteroatoms. The SMILES string of the molecule is N#Cc1ccc(-c2ccc3c4c(ccc(-c5ccc(-c6nc(-c7ccccc7)nc(-c7ccc(-n8c9ccccc9c9ccccc98)cc7)n6)cc5)c24)-c2ccccc2-3)cc1. The molecule has 0 spiro atoms. The minimum absolute atomic E-state index is 0.607. The molecule has 2 aromatic heterocycles. The molecule has 0 unspecified atom stereocenters. The molecule has 11 aromatic rings. The topological polar surface area (TPSA) is 67.4 Å². The van der Waals surface area contributed by atoms with Crippen LogP contribution in [0.5, 0.6) is 0 Å². The van der Waals surface area contributed by atoms with Crippen molar-refractivity contribution in [1.82, 2.24) is 19.5 Å². The van der Waals surface area contributed by atoms with Gasteiger partial charge < -0.3 is 4.57 Å². The molecule has 0 atom stereocenters. The van der Waals surface area contributed by atoms with Crippen molar-refractivity contribution in [2.24, 2.45) is 0 Å². The van der Waals surface area contributed by atoms with Crippen LogP contribution in [-0.2, 0) is 0 Å². The monoisotopic (exact) mass is 775 g/mol. The van der Waals surface area contributed by atoms with Crippen molar-refractivity contribution >= 4 is 32.6 Å². The average Bonchev–Trinajstić information content (AvgIpc) is 3.85. The van der Waals surface area contributed by atoms with Crippen molar-refractivity contribution in [2.75, 3.05) is 0 Å². The lowest BCUT2D eigenvalue weighted by molar-refractivity contribution is 1.07. The number of rotatable bonds is 6. The van der Waals surface area contributed by atoms with Gasteiger partial charge in [0.25, 0.3) is 0 Å². The van der Waals surface area contributed by atoms with Gasteiger partial charge in [0.15, 0.2) is 17.5 Å². The lowest BCUT2D eigenvalue weighted by Crippen LogP contribution is -2.00. The minimum Gasteiger partial charge on any atom is -0.309 e. The van der Waals surface area contributed by atoms with Crippen LogP contribution in [0.3, 0.4) is 0 Å². The van der Waals surface area contributed by atoms with Crippen LogP contribution < -0.4 is 0 Å². The highest BCUT2D eigenvalue weighted by Crippen LogP contribution is 2.52. The number of nitriles is 1. The standard InChI is InChI=1S/C56H33N5/c57-34-35-18-20-36(21-19-35)42-30-32-48-44-12-4-5-13-45(44)49-33-31-43(52(42)53(48)49)37-22-24-39(25-23-37)55-58-54(38-10-2-1-3-11-38)59-56(60-55)40-26-28-41(29-27-40)61-50-16-8-6-14-46(50)47-15-7-9-17-51(47)61/h1-33H. The van der Waals surface area contributed by atoms with Crippen LogP contribution in [0.4, 0.5) is 0 Å². The first-order chi connectivity index (χ1) is 30.2. The Labute approximate surface area is 352 Å². The number of para-hydroxylation sites is 2.